The van der Waals surface area contributed by atoms with Crippen LogP contribution >= 0.6 is 0 Å². The van der Waals surface area contributed by atoms with Crippen LogP contribution in [0.25, 0.3) is 0 Å². The second kappa shape index (κ2) is 7.47. The SMILES string of the molecule is Cc1ccc(C(=O)O[C@@H](C)C(=O)NCc2ccc3c(c2)OCO3)c(C)c1. The predicted octanol–water partition coefficient (Wildman–Crippen LogP) is 2.89. The smallest absolute Gasteiger partial charge is 0.339 e. The third kappa shape index (κ3) is 3.96. The van der Waals surface area contributed by atoms with Crippen LogP contribution in [0.5, 0.6) is 11.5 Å². The largest absolute Gasteiger partial charge is 0.454 e. The van der Waals surface area contributed by atoms with Gasteiger partial charge in [-0.3, -0.25) is 4.79 Å². The molecule has 0 saturated carbocycles. The van der Waals surface area contributed by atoms with Gasteiger partial charge in [0.2, 0.25) is 6.79 Å². The topological polar surface area (TPSA) is 73.9 Å². The molecule has 0 unspecified atom stereocenters. The van der Waals surface area contributed by atoms with Gasteiger partial charge in [-0.1, -0.05) is 23.8 Å². The van der Waals surface area contributed by atoms with Gasteiger partial charge in [0.05, 0.1) is 5.56 Å². The van der Waals surface area contributed by atoms with E-state index >= 15 is 0 Å². The van der Waals surface area contributed by atoms with E-state index in [1.807, 2.05) is 38.1 Å². The molecule has 2 aromatic carbocycles. The summed E-state index contributed by atoms with van der Waals surface area (Å²) in [5, 5.41) is 2.76. The van der Waals surface area contributed by atoms with Gasteiger partial charge in [-0.25, -0.2) is 4.79 Å². The summed E-state index contributed by atoms with van der Waals surface area (Å²) in [6.45, 7) is 5.86. The summed E-state index contributed by atoms with van der Waals surface area (Å²) in [5.74, 6) is 0.482. The minimum absolute atomic E-state index is 0.205. The number of rotatable bonds is 5. The molecule has 3 rings (SSSR count). The fourth-order valence-electron chi connectivity index (χ4n) is 2.70. The highest BCUT2D eigenvalue weighted by Gasteiger charge is 2.20. The molecule has 6 heteroatoms. The van der Waals surface area contributed by atoms with Gasteiger partial charge in [0.25, 0.3) is 5.91 Å². The fraction of sp³-hybridized carbons (Fsp3) is 0.300. The molecular weight excluding hydrogens is 334 g/mol. The van der Waals surface area contributed by atoms with E-state index in [9.17, 15) is 9.59 Å². The second-order valence-corrected chi connectivity index (χ2v) is 6.27. The van der Waals surface area contributed by atoms with E-state index < -0.39 is 12.1 Å². The minimum atomic E-state index is -0.891. The van der Waals surface area contributed by atoms with Gasteiger partial charge in [0.15, 0.2) is 17.6 Å². The first-order valence-corrected chi connectivity index (χ1v) is 8.38. The summed E-state index contributed by atoms with van der Waals surface area (Å²) in [7, 11) is 0. The molecular formula is C20H21NO5. The van der Waals surface area contributed by atoms with Gasteiger partial charge >= 0.3 is 5.97 Å². The maximum Gasteiger partial charge on any atom is 0.339 e. The van der Waals surface area contributed by atoms with Gasteiger partial charge in [-0.15, -0.1) is 0 Å². The Morgan fingerprint density at radius 3 is 2.65 bits per heavy atom. The van der Waals surface area contributed by atoms with E-state index in [1.54, 1.807) is 19.1 Å². The molecule has 1 heterocycles. The Morgan fingerprint density at radius 2 is 1.88 bits per heavy atom. The van der Waals surface area contributed by atoms with E-state index in [2.05, 4.69) is 5.32 Å². The quantitative estimate of drug-likeness (QED) is 0.835. The molecule has 1 aliphatic rings. The highest BCUT2D eigenvalue weighted by Crippen LogP contribution is 2.32. The van der Waals surface area contributed by atoms with Crippen LogP contribution in [-0.2, 0) is 16.1 Å². The number of aryl methyl sites for hydroxylation is 2. The van der Waals surface area contributed by atoms with Gasteiger partial charge in [0.1, 0.15) is 0 Å². The van der Waals surface area contributed by atoms with Crippen LogP contribution in [0.15, 0.2) is 36.4 Å². The van der Waals surface area contributed by atoms with Crippen molar-refractivity contribution in [3.63, 3.8) is 0 Å². The maximum absolute atomic E-state index is 12.3. The summed E-state index contributed by atoms with van der Waals surface area (Å²) in [6.07, 6.45) is -0.891. The molecule has 0 fully saturated rings. The lowest BCUT2D eigenvalue weighted by atomic mass is 10.1. The third-order valence-electron chi connectivity index (χ3n) is 4.16. The molecule has 26 heavy (non-hydrogen) atoms. The number of benzene rings is 2. The van der Waals surface area contributed by atoms with Gasteiger partial charge in [-0.2, -0.15) is 0 Å². The van der Waals surface area contributed by atoms with E-state index in [-0.39, 0.29) is 12.7 Å². The van der Waals surface area contributed by atoms with E-state index in [0.717, 1.165) is 16.7 Å². The normalized spacial score (nSPS) is 13.2. The van der Waals surface area contributed by atoms with Crippen molar-refractivity contribution < 1.29 is 23.8 Å². The van der Waals surface area contributed by atoms with Crippen LogP contribution in [0.2, 0.25) is 0 Å². The lowest BCUT2D eigenvalue weighted by molar-refractivity contribution is -0.129. The molecule has 0 aromatic heterocycles. The molecule has 0 radical (unpaired) electrons. The Hall–Kier alpha value is -3.02. The standard InChI is InChI=1S/C20H21NO5/c1-12-4-6-16(13(2)8-12)20(23)26-14(3)19(22)21-10-15-5-7-17-18(9-15)25-11-24-17/h4-9,14H,10-11H2,1-3H3,(H,21,22)/t14-/m0/s1. The molecule has 136 valence electrons. The third-order valence-corrected chi connectivity index (χ3v) is 4.16. The summed E-state index contributed by atoms with van der Waals surface area (Å²) in [5.41, 5.74) is 3.22. The Bertz CT molecular complexity index is 846. The molecule has 0 aliphatic carbocycles. The molecule has 0 bridgehead atoms. The number of fused-ring (bicyclic) bond motifs is 1. The van der Waals surface area contributed by atoms with Crippen LogP contribution in [0.3, 0.4) is 0 Å². The summed E-state index contributed by atoms with van der Waals surface area (Å²) in [6, 6.07) is 10.9. The number of carbonyl (C=O) groups excluding carboxylic acids is 2. The number of hydrogen-bond acceptors (Lipinski definition) is 5. The average molecular weight is 355 g/mol. The fourth-order valence-corrected chi connectivity index (χ4v) is 2.70. The van der Waals surface area contributed by atoms with Crippen molar-refractivity contribution in [2.45, 2.75) is 33.4 Å². The summed E-state index contributed by atoms with van der Waals surface area (Å²) >= 11 is 0. The van der Waals surface area contributed by atoms with Crippen LogP contribution < -0.4 is 14.8 Å². The molecule has 1 N–H and O–H groups in total. The van der Waals surface area contributed by atoms with Crippen molar-refractivity contribution in [3.05, 3.63) is 58.7 Å². The molecule has 1 amide bonds. The Morgan fingerprint density at radius 1 is 1.12 bits per heavy atom. The minimum Gasteiger partial charge on any atom is -0.454 e. The highest BCUT2D eigenvalue weighted by molar-refractivity contribution is 5.93. The van der Waals surface area contributed by atoms with Crippen molar-refractivity contribution in [2.75, 3.05) is 6.79 Å². The summed E-state index contributed by atoms with van der Waals surface area (Å²) in [4.78, 5) is 24.5. The monoisotopic (exact) mass is 355 g/mol. The Kier molecular flexibility index (Phi) is 5.11. The highest BCUT2D eigenvalue weighted by atomic mass is 16.7. The number of esters is 1. The number of hydrogen-bond donors (Lipinski definition) is 1. The zero-order valence-electron chi connectivity index (χ0n) is 15.0. The first kappa shape index (κ1) is 17.8. The van der Waals surface area contributed by atoms with E-state index in [1.165, 1.54) is 0 Å². The van der Waals surface area contributed by atoms with Crippen molar-refractivity contribution in [2.24, 2.45) is 0 Å². The number of amides is 1. The molecule has 0 saturated heterocycles. The van der Waals surface area contributed by atoms with Gasteiger partial charge in [-0.05, 0) is 50.1 Å². The van der Waals surface area contributed by atoms with Crippen molar-refractivity contribution in [1.29, 1.82) is 0 Å². The number of carbonyl (C=O) groups is 2. The van der Waals surface area contributed by atoms with Crippen LogP contribution in [0, 0.1) is 13.8 Å². The first-order valence-electron chi connectivity index (χ1n) is 8.38. The maximum atomic E-state index is 12.3. The van der Waals surface area contributed by atoms with Crippen LogP contribution in [0.1, 0.15) is 34.0 Å². The predicted molar refractivity (Wildman–Crippen MR) is 95.2 cm³/mol. The molecule has 0 spiro atoms. The lowest BCUT2D eigenvalue weighted by Crippen LogP contribution is -2.35. The lowest BCUT2D eigenvalue weighted by Gasteiger charge is -2.15. The van der Waals surface area contributed by atoms with Crippen molar-refractivity contribution >= 4 is 11.9 Å². The van der Waals surface area contributed by atoms with Crippen LogP contribution in [0.4, 0.5) is 0 Å². The van der Waals surface area contributed by atoms with E-state index in [0.29, 0.717) is 23.6 Å². The van der Waals surface area contributed by atoms with E-state index in [4.69, 9.17) is 14.2 Å². The van der Waals surface area contributed by atoms with Crippen molar-refractivity contribution in [1.82, 2.24) is 5.32 Å². The average Bonchev–Trinajstić information content (AvgIpc) is 3.07. The van der Waals surface area contributed by atoms with Gasteiger partial charge < -0.3 is 19.5 Å². The molecule has 1 aliphatic heterocycles. The number of nitrogens with one attached hydrogen (secondary N) is 1. The zero-order chi connectivity index (χ0) is 18.7. The van der Waals surface area contributed by atoms with Crippen molar-refractivity contribution in [3.8, 4) is 11.5 Å². The Balaban J connectivity index is 1.55. The molecule has 6 nitrogen and oxygen atoms in total. The zero-order valence-corrected chi connectivity index (χ0v) is 15.0. The summed E-state index contributed by atoms with van der Waals surface area (Å²) < 4.78 is 15.8. The Labute approximate surface area is 152 Å². The molecule has 2 aromatic rings. The van der Waals surface area contributed by atoms with Crippen LogP contribution in [-0.4, -0.2) is 24.8 Å². The first-order chi connectivity index (χ1) is 12.4. The second-order valence-electron chi connectivity index (χ2n) is 6.27. The number of ether oxygens (including phenoxy) is 3. The molecule has 1 atom stereocenters. The van der Waals surface area contributed by atoms with Gasteiger partial charge in [0, 0.05) is 6.54 Å².